The zero-order valence-electron chi connectivity index (χ0n) is 12.3. The predicted octanol–water partition coefficient (Wildman–Crippen LogP) is 6.23. The van der Waals surface area contributed by atoms with Gasteiger partial charge in [-0.05, 0) is 30.4 Å². The van der Waals surface area contributed by atoms with Crippen molar-refractivity contribution in [1.29, 1.82) is 5.41 Å². The maximum Gasteiger partial charge on any atom is 0.265 e. The van der Waals surface area contributed by atoms with Crippen molar-refractivity contribution >= 4 is 40.7 Å². The molecule has 1 atom stereocenters. The van der Waals surface area contributed by atoms with E-state index in [9.17, 15) is 0 Å². The van der Waals surface area contributed by atoms with Crippen LogP contribution in [0.4, 0.5) is 0 Å². The van der Waals surface area contributed by atoms with Gasteiger partial charge in [0.1, 0.15) is 6.10 Å². The molecule has 0 amide bonds. The van der Waals surface area contributed by atoms with E-state index in [0.717, 1.165) is 5.56 Å². The van der Waals surface area contributed by atoms with Crippen LogP contribution in [0.25, 0.3) is 0 Å². The molecule has 0 radical (unpaired) electrons. The highest BCUT2D eigenvalue weighted by atomic mass is 35.6. The summed E-state index contributed by atoms with van der Waals surface area (Å²) < 4.78 is 3.75. The van der Waals surface area contributed by atoms with E-state index in [1.54, 1.807) is 0 Å². The van der Waals surface area contributed by atoms with Crippen LogP contribution in [-0.2, 0) is 4.74 Å². The lowest BCUT2D eigenvalue weighted by Crippen LogP contribution is -2.23. The maximum absolute atomic E-state index is 7.79. The number of ether oxygens (including phenoxy) is 1. The van der Waals surface area contributed by atoms with Crippen LogP contribution < -0.4 is 0 Å². The second-order valence-electron chi connectivity index (χ2n) is 5.56. The Balaban J connectivity index is 2.11. The first-order valence-corrected chi connectivity index (χ1v) is 8.66. The fourth-order valence-electron chi connectivity index (χ4n) is 2.64. The third-order valence-corrected chi connectivity index (χ3v) is 4.35. The number of allylic oxidation sites excluding steroid dienone is 1. The molecule has 2 nitrogen and oxygen atoms in total. The second kappa shape index (κ2) is 8.24. The van der Waals surface area contributed by atoms with Crippen molar-refractivity contribution in [2.45, 2.75) is 42.0 Å². The summed E-state index contributed by atoms with van der Waals surface area (Å²) in [6, 6.07) is 9.69. The van der Waals surface area contributed by atoms with Crippen LogP contribution in [0.1, 0.15) is 43.8 Å². The molecule has 0 heterocycles. The lowest BCUT2D eigenvalue weighted by molar-refractivity contribution is 0.232. The van der Waals surface area contributed by atoms with Crippen molar-refractivity contribution in [3.8, 4) is 0 Å². The minimum atomic E-state index is -1.84. The van der Waals surface area contributed by atoms with Crippen LogP contribution in [0, 0.1) is 11.3 Å². The molecule has 2 rings (SSSR count). The second-order valence-corrected chi connectivity index (χ2v) is 7.84. The van der Waals surface area contributed by atoms with Gasteiger partial charge >= 0.3 is 0 Å². The summed E-state index contributed by atoms with van der Waals surface area (Å²) in [6.07, 6.45) is 10.0. The van der Waals surface area contributed by atoms with Crippen molar-refractivity contribution in [1.82, 2.24) is 0 Å². The molecule has 1 aromatic rings. The number of halogens is 3. The highest BCUT2D eigenvalue weighted by Gasteiger charge is 2.30. The van der Waals surface area contributed by atoms with E-state index in [2.05, 4.69) is 6.08 Å². The Bertz CT molecular complexity index is 504. The molecule has 0 aliphatic heterocycles. The molecule has 1 aliphatic rings. The number of hydrogen-bond donors (Lipinski definition) is 1. The molecule has 0 spiro atoms. The Morgan fingerprint density at radius 1 is 1.14 bits per heavy atom. The Morgan fingerprint density at radius 2 is 1.77 bits per heavy atom. The number of nitrogens with one attached hydrogen (secondary N) is 1. The van der Waals surface area contributed by atoms with Crippen LogP contribution in [0.5, 0.6) is 0 Å². The average molecular weight is 361 g/mol. The SMILES string of the molecule is N=C(O[C@@H](/C=C/C1CCCCC1)c1ccccc1)C(Cl)(Cl)Cl. The number of hydrogen-bond acceptors (Lipinski definition) is 2. The molecule has 22 heavy (non-hydrogen) atoms. The molecule has 0 saturated heterocycles. The summed E-state index contributed by atoms with van der Waals surface area (Å²) in [7, 11) is 0. The van der Waals surface area contributed by atoms with Crippen LogP contribution >= 0.6 is 34.8 Å². The first-order chi connectivity index (χ1) is 10.5. The van der Waals surface area contributed by atoms with E-state index >= 15 is 0 Å². The van der Waals surface area contributed by atoms with Crippen molar-refractivity contribution in [2.24, 2.45) is 5.92 Å². The molecule has 0 unspecified atom stereocenters. The molecule has 0 bridgehead atoms. The summed E-state index contributed by atoms with van der Waals surface area (Å²) in [4.78, 5) is 0. The number of benzene rings is 1. The first-order valence-electron chi connectivity index (χ1n) is 7.52. The fraction of sp³-hybridized carbons (Fsp3) is 0.471. The van der Waals surface area contributed by atoms with Gasteiger partial charge in [0, 0.05) is 0 Å². The predicted molar refractivity (Wildman–Crippen MR) is 94.0 cm³/mol. The first kappa shape index (κ1) is 17.7. The zero-order chi connectivity index (χ0) is 16.0. The van der Waals surface area contributed by atoms with Crippen molar-refractivity contribution < 1.29 is 4.74 Å². The lowest BCUT2D eigenvalue weighted by atomic mass is 9.88. The van der Waals surface area contributed by atoms with Crippen LogP contribution in [0.15, 0.2) is 42.5 Å². The van der Waals surface area contributed by atoms with Gasteiger partial charge < -0.3 is 4.74 Å². The molecule has 1 fully saturated rings. The summed E-state index contributed by atoms with van der Waals surface area (Å²) in [6.45, 7) is 0. The summed E-state index contributed by atoms with van der Waals surface area (Å²) >= 11 is 17.2. The fourth-order valence-corrected chi connectivity index (χ4v) is 2.77. The van der Waals surface area contributed by atoms with Gasteiger partial charge in [0.2, 0.25) is 5.90 Å². The minimum absolute atomic E-state index is 0.361. The summed E-state index contributed by atoms with van der Waals surface area (Å²) in [5.74, 6) is 0.213. The maximum atomic E-state index is 7.79. The average Bonchev–Trinajstić information content (AvgIpc) is 2.52. The van der Waals surface area contributed by atoms with E-state index in [1.165, 1.54) is 32.1 Å². The van der Waals surface area contributed by atoms with Gasteiger partial charge in [-0.25, -0.2) is 0 Å². The molecule has 1 saturated carbocycles. The summed E-state index contributed by atoms with van der Waals surface area (Å²) in [5.41, 5.74) is 0.938. The third kappa shape index (κ3) is 5.49. The Hall–Kier alpha value is -0.700. The van der Waals surface area contributed by atoms with Crippen molar-refractivity contribution in [3.63, 3.8) is 0 Å². The molecule has 1 aromatic carbocycles. The molecular weight excluding hydrogens is 341 g/mol. The molecule has 1 N–H and O–H groups in total. The van der Waals surface area contributed by atoms with Crippen LogP contribution in [0.3, 0.4) is 0 Å². The Labute approximate surface area is 146 Å². The topological polar surface area (TPSA) is 33.1 Å². The number of alkyl halides is 3. The lowest BCUT2D eigenvalue weighted by Gasteiger charge is -2.22. The molecule has 1 aliphatic carbocycles. The normalized spacial score (nSPS) is 18.3. The highest BCUT2D eigenvalue weighted by Crippen LogP contribution is 2.32. The van der Waals surface area contributed by atoms with Crippen LogP contribution in [-0.4, -0.2) is 9.69 Å². The smallest absolute Gasteiger partial charge is 0.265 e. The molecule has 5 heteroatoms. The highest BCUT2D eigenvalue weighted by molar-refractivity contribution is 6.76. The third-order valence-electron chi connectivity index (χ3n) is 3.84. The minimum Gasteiger partial charge on any atom is -0.466 e. The van der Waals surface area contributed by atoms with Gasteiger partial charge in [0.15, 0.2) is 0 Å². The zero-order valence-corrected chi connectivity index (χ0v) is 14.5. The van der Waals surface area contributed by atoms with Gasteiger partial charge in [-0.1, -0.05) is 90.5 Å². The molecule has 120 valence electrons. The van der Waals surface area contributed by atoms with Gasteiger partial charge in [-0.3, -0.25) is 5.41 Å². The van der Waals surface area contributed by atoms with Crippen LogP contribution in [0.2, 0.25) is 0 Å². The molecular formula is C17H20Cl3NO. The van der Waals surface area contributed by atoms with E-state index in [1.807, 2.05) is 36.4 Å². The quantitative estimate of drug-likeness (QED) is 0.293. The van der Waals surface area contributed by atoms with Gasteiger partial charge in [0.25, 0.3) is 3.79 Å². The standard InChI is InChI=1S/C17H20Cl3NO/c18-17(19,20)16(21)22-15(14-9-5-2-6-10-14)12-11-13-7-3-1-4-8-13/h2,5-6,9-13,15,21H,1,3-4,7-8H2/b12-11+,21-16?/t15-/m0/s1. The van der Waals surface area contributed by atoms with E-state index in [0.29, 0.717) is 5.92 Å². The van der Waals surface area contributed by atoms with Gasteiger partial charge in [-0.2, -0.15) is 0 Å². The number of rotatable bonds is 4. The van der Waals surface area contributed by atoms with E-state index in [-0.39, 0.29) is 5.90 Å². The largest absolute Gasteiger partial charge is 0.466 e. The Morgan fingerprint density at radius 3 is 2.36 bits per heavy atom. The van der Waals surface area contributed by atoms with Crippen molar-refractivity contribution in [2.75, 3.05) is 0 Å². The summed E-state index contributed by atoms with van der Waals surface area (Å²) in [5, 5.41) is 7.79. The van der Waals surface area contributed by atoms with E-state index in [4.69, 9.17) is 44.9 Å². The molecule has 0 aromatic heterocycles. The monoisotopic (exact) mass is 359 g/mol. The van der Waals surface area contributed by atoms with E-state index < -0.39 is 9.90 Å². The van der Waals surface area contributed by atoms with Crippen molar-refractivity contribution in [3.05, 3.63) is 48.0 Å². The Kier molecular flexibility index (Phi) is 6.61. The van der Waals surface area contributed by atoms with Gasteiger partial charge in [-0.15, -0.1) is 0 Å². The van der Waals surface area contributed by atoms with Gasteiger partial charge in [0.05, 0.1) is 0 Å².